The largest absolute Gasteiger partial charge is 0.460 e. The lowest BCUT2D eigenvalue weighted by Gasteiger charge is -2.63. The average molecular weight is 707 g/mol. The van der Waals surface area contributed by atoms with Gasteiger partial charge in [0.1, 0.15) is 41.4 Å². The molecule has 1 saturated heterocycles. The van der Waals surface area contributed by atoms with Gasteiger partial charge in [0, 0.05) is 43.4 Å². The summed E-state index contributed by atoms with van der Waals surface area (Å²) in [6.07, 6.45) is -6.29. The molecule has 13 nitrogen and oxygen atoms in total. The zero-order chi connectivity index (χ0) is 37.5. The minimum Gasteiger partial charge on any atom is -0.460 e. The number of aliphatic hydroxyl groups is 6. The Kier molecular flexibility index (Phi) is 9.95. The third kappa shape index (κ3) is 5.81. The van der Waals surface area contributed by atoms with Crippen molar-refractivity contribution in [1.29, 1.82) is 0 Å². The van der Waals surface area contributed by atoms with Crippen molar-refractivity contribution in [2.75, 3.05) is 6.61 Å². The molecule has 5 aliphatic rings. The lowest BCUT2D eigenvalue weighted by atomic mass is 9.39. The van der Waals surface area contributed by atoms with E-state index in [1.165, 1.54) is 13.8 Å². The molecule has 1 aliphatic heterocycles. The lowest BCUT2D eigenvalue weighted by molar-refractivity contribution is -0.291. The van der Waals surface area contributed by atoms with Gasteiger partial charge in [-0.25, -0.2) is 0 Å². The number of esters is 1. The molecular formula is C37H54O13. The molecule has 0 amide bonds. The van der Waals surface area contributed by atoms with Gasteiger partial charge in [-0.05, 0) is 74.9 Å². The van der Waals surface area contributed by atoms with Gasteiger partial charge in [-0.2, -0.15) is 0 Å². The summed E-state index contributed by atoms with van der Waals surface area (Å²) in [7, 11) is 0. The van der Waals surface area contributed by atoms with E-state index in [9.17, 15) is 49.8 Å². The SMILES string of the molecule is CC(=O)OC(C)(C)CCC(=O)[C@](C)(O)[C@H]1[C@H](O)C[C@@]2(C)[C@@H]3CC=C4C(C)=C(OC5OC(CO)C(O)C(O)C5O)C(=O)C[C@@H]4[C@]3(C)C(=O)C[C@]12C. The fourth-order valence-corrected chi connectivity index (χ4v) is 10.5. The molecule has 13 heteroatoms. The van der Waals surface area contributed by atoms with Gasteiger partial charge in [0.25, 0.3) is 0 Å². The molecule has 3 fully saturated rings. The number of hydrogen-bond donors (Lipinski definition) is 6. The zero-order valence-corrected chi connectivity index (χ0v) is 30.3. The first-order valence-electron chi connectivity index (χ1n) is 17.6. The first-order valence-corrected chi connectivity index (χ1v) is 17.6. The van der Waals surface area contributed by atoms with E-state index in [0.29, 0.717) is 12.0 Å². The molecule has 2 saturated carbocycles. The van der Waals surface area contributed by atoms with Crippen molar-refractivity contribution in [1.82, 2.24) is 0 Å². The van der Waals surface area contributed by atoms with Gasteiger partial charge < -0.3 is 44.8 Å². The van der Waals surface area contributed by atoms with Gasteiger partial charge in [0.2, 0.25) is 6.29 Å². The van der Waals surface area contributed by atoms with E-state index in [1.54, 1.807) is 20.8 Å². The molecule has 1 heterocycles. The lowest BCUT2D eigenvalue weighted by Crippen LogP contribution is -2.64. The van der Waals surface area contributed by atoms with Crippen LogP contribution in [-0.2, 0) is 33.4 Å². The highest BCUT2D eigenvalue weighted by molar-refractivity contribution is 5.99. The first-order chi connectivity index (χ1) is 23.0. The molecule has 5 unspecified atom stereocenters. The molecule has 13 atom stereocenters. The number of ketones is 3. The Labute approximate surface area is 292 Å². The Balaban J connectivity index is 1.45. The number of allylic oxidation sites excluding steroid dienone is 4. The van der Waals surface area contributed by atoms with E-state index in [2.05, 4.69) is 0 Å². The van der Waals surface area contributed by atoms with Gasteiger partial charge in [-0.3, -0.25) is 19.2 Å². The maximum atomic E-state index is 14.6. The number of carbonyl (C=O) groups is 4. The van der Waals surface area contributed by atoms with Gasteiger partial charge in [0.05, 0.1) is 12.7 Å². The van der Waals surface area contributed by atoms with Crippen molar-refractivity contribution in [2.24, 2.45) is 34.0 Å². The topological polar surface area (TPSA) is 217 Å². The van der Waals surface area contributed by atoms with Crippen molar-refractivity contribution < 1.29 is 64.0 Å². The van der Waals surface area contributed by atoms with E-state index in [4.69, 9.17) is 14.2 Å². The molecule has 50 heavy (non-hydrogen) atoms. The summed E-state index contributed by atoms with van der Waals surface area (Å²) in [5.74, 6) is -3.51. The van der Waals surface area contributed by atoms with Crippen molar-refractivity contribution in [3.8, 4) is 0 Å². The van der Waals surface area contributed by atoms with Crippen LogP contribution in [-0.4, -0.2) is 109 Å². The highest BCUT2D eigenvalue weighted by Crippen LogP contribution is 2.73. The number of fused-ring (bicyclic) bond motifs is 5. The van der Waals surface area contributed by atoms with Crippen LogP contribution in [0.1, 0.15) is 93.9 Å². The van der Waals surface area contributed by atoms with Crippen LogP contribution >= 0.6 is 0 Å². The number of Topliss-reactive ketones (excluding diaryl/α,β-unsaturated/α-hetero) is 3. The van der Waals surface area contributed by atoms with Crippen molar-refractivity contribution >= 4 is 23.3 Å². The number of ether oxygens (including phenoxy) is 3. The Bertz CT molecular complexity index is 1490. The fraction of sp³-hybridized carbons (Fsp3) is 0.784. The first kappa shape index (κ1) is 38.7. The van der Waals surface area contributed by atoms with Crippen molar-refractivity contribution in [2.45, 2.75) is 142 Å². The number of hydrogen-bond acceptors (Lipinski definition) is 13. The second-order valence-corrected chi connectivity index (χ2v) is 16.8. The molecule has 0 aromatic carbocycles. The van der Waals surface area contributed by atoms with E-state index < -0.39 is 100 Å². The Hall–Kier alpha value is -2.52. The minimum absolute atomic E-state index is 0.0322. The monoisotopic (exact) mass is 706 g/mol. The molecule has 0 spiro atoms. The predicted octanol–water partition coefficient (Wildman–Crippen LogP) is 1.43. The Morgan fingerprint density at radius 2 is 1.66 bits per heavy atom. The number of aliphatic hydroxyl groups excluding tert-OH is 5. The summed E-state index contributed by atoms with van der Waals surface area (Å²) >= 11 is 0. The fourth-order valence-electron chi connectivity index (χ4n) is 10.5. The average Bonchev–Trinajstić information content (AvgIpc) is 3.22. The van der Waals surface area contributed by atoms with Gasteiger partial charge in [-0.1, -0.05) is 26.8 Å². The summed E-state index contributed by atoms with van der Waals surface area (Å²) in [6, 6.07) is 0. The minimum atomic E-state index is -1.99. The van der Waals surface area contributed by atoms with Crippen LogP contribution in [0.3, 0.4) is 0 Å². The van der Waals surface area contributed by atoms with E-state index >= 15 is 0 Å². The molecule has 5 rings (SSSR count). The Morgan fingerprint density at radius 1 is 1.02 bits per heavy atom. The van der Waals surface area contributed by atoms with Crippen molar-refractivity contribution in [3.05, 3.63) is 23.0 Å². The van der Waals surface area contributed by atoms with Crippen LogP contribution in [0.15, 0.2) is 23.0 Å². The highest BCUT2D eigenvalue weighted by Gasteiger charge is 2.74. The molecule has 6 N–H and O–H groups in total. The predicted molar refractivity (Wildman–Crippen MR) is 176 cm³/mol. The molecule has 0 radical (unpaired) electrons. The number of carbonyl (C=O) groups excluding carboxylic acids is 4. The summed E-state index contributed by atoms with van der Waals surface area (Å²) in [6.45, 7) is 12.8. The second kappa shape index (κ2) is 12.9. The normalized spacial score (nSPS) is 42.9. The van der Waals surface area contributed by atoms with Crippen LogP contribution in [0.4, 0.5) is 0 Å². The van der Waals surface area contributed by atoms with Crippen LogP contribution in [0.5, 0.6) is 0 Å². The summed E-state index contributed by atoms with van der Waals surface area (Å²) in [5.41, 5.74) is -4.49. The Morgan fingerprint density at radius 3 is 2.26 bits per heavy atom. The molecule has 0 bridgehead atoms. The van der Waals surface area contributed by atoms with Crippen LogP contribution < -0.4 is 0 Å². The molecule has 280 valence electrons. The quantitative estimate of drug-likeness (QED) is 0.187. The number of rotatable bonds is 9. The third-order valence-electron chi connectivity index (χ3n) is 13.3. The summed E-state index contributed by atoms with van der Waals surface area (Å²) in [4.78, 5) is 53.6. The van der Waals surface area contributed by atoms with Gasteiger partial charge in [0.15, 0.2) is 17.3 Å². The van der Waals surface area contributed by atoms with E-state index in [-0.39, 0.29) is 49.6 Å². The third-order valence-corrected chi connectivity index (χ3v) is 13.3. The van der Waals surface area contributed by atoms with Crippen molar-refractivity contribution in [3.63, 3.8) is 0 Å². The van der Waals surface area contributed by atoms with E-state index in [0.717, 1.165) is 5.57 Å². The van der Waals surface area contributed by atoms with Gasteiger partial charge in [-0.15, -0.1) is 0 Å². The second-order valence-electron chi connectivity index (χ2n) is 16.8. The molecule has 0 aromatic heterocycles. The maximum absolute atomic E-state index is 14.6. The van der Waals surface area contributed by atoms with Crippen LogP contribution in [0.2, 0.25) is 0 Å². The molecule has 4 aliphatic carbocycles. The van der Waals surface area contributed by atoms with Gasteiger partial charge >= 0.3 is 5.97 Å². The van der Waals surface area contributed by atoms with E-state index in [1.807, 2.05) is 26.8 Å². The smallest absolute Gasteiger partial charge is 0.303 e. The van der Waals surface area contributed by atoms with Crippen LogP contribution in [0.25, 0.3) is 0 Å². The summed E-state index contributed by atoms with van der Waals surface area (Å²) in [5, 5.41) is 64.1. The summed E-state index contributed by atoms with van der Waals surface area (Å²) < 4.78 is 16.7. The standard InChI is InChI=1S/C37H54O13/c1-17-19-9-10-24-34(5)14-22(41)31(37(8,47)25(42)11-12-33(3,4)50-18(2)39)35(34,6)15-26(43)36(24,7)20(19)13-21(40)30(17)49-32-29(46)28(45)27(44)23(16-38)48-32/h9,20,22-24,27-29,31-32,38,41,44-47H,10-16H2,1-8H3/t20-,22+,23?,24-,27?,28?,29?,31-,32?,34-,35+,36-,37-/m0/s1. The molecular weight excluding hydrogens is 652 g/mol. The highest BCUT2D eigenvalue weighted by atomic mass is 16.7. The zero-order valence-electron chi connectivity index (χ0n) is 30.3. The maximum Gasteiger partial charge on any atom is 0.303 e. The molecule has 0 aromatic rings. The van der Waals surface area contributed by atoms with Crippen LogP contribution in [0, 0.1) is 34.0 Å².